The van der Waals surface area contributed by atoms with Crippen LogP contribution in [-0.2, 0) is 9.53 Å². The number of halogens is 13. The molecule has 25 heavy (non-hydrogen) atoms. The second kappa shape index (κ2) is 6.09. The Kier molecular flexibility index (Phi) is 5.53. The lowest BCUT2D eigenvalue weighted by molar-refractivity contribution is -0.465. The second-order valence-corrected chi connectivity index (χ2v) is 6.78. The standard InChI is InChI=1S/C10H5Br2F11O2/c11-2-5(12,13)4(24)25-1-3-6(14,15)8(18,19)10(22,23)9(20,21)7(3,16)17/h3H,1-2H2. The smallest absolute Gasteiger partial charge is 0.384 e. The van der Waals surface area contributed by atoms with Crippen molar-refractivity contribution >= 4 is 37.8 Å². The van der Waals surface area contributed by atoms with Gasteiger partial charge in [0.15, 0.2) is 0 Å². The van der Waals surface area contributed by atoms with E-state index in [0.29, 0.717) is 0 Å². The molecule has 1 atom stereocenters. The zero-order valence-electron chi connectivity index (χ0n) is 11.2. The van der Waals surface area contributed by atoms with Gasteiger partial charge in [-0.1, -0.05) is 15.9 Å². The average molecular weight is 526 g/mol. The summed E-state index contributed by atoms with van der Waals surface area (Å²) in [4.78, 5) is 11.1. The van der Waals surface area contributed by atoms with E-state index in [1.54, 1.807) is 0 Å². The highest BCUT2D eigenvalue weighted by Gasteiger charge is 2.95. The first-order valence-corrected chi connectivity index (χ1v) is 7.74. The van der Waals surface area contributed by atoms with Gasteiger partial charge in [0.1, 0.15) is 12.5 Å². The van der Waals surface area contributed by atoms with Crippen LogP contribution in [0.1, 0.15) is 0 Å². The van der Waals surface area contributed by atoms with Gasteiger partial charge in [0, 0.05) is 0 Å². The van der Waals surface area contributed by atoms with Gasteiger partial charge in [0.25, 0.3) is 4.58 Å². The van der Waals surface area contributed by atoms with Crippen molar-refractivity contribution in [2.75, 3.05) is 11.9 Å². The van der Waals surface area contributed by atoms with Gasteiger partial charge in [-0.05, 0) is 15.9 Å². The van der Waals surface area contributed by atoms with Crippen LogP contribution in [-0.4, -0.2) is 52.1 Å². The van der Waals surface area contributed by atoms with Crippen LogP contribution in [0.5, 0.6) is 0 Å². The molecular weight excluding hydrogens is 521 g/mol. The molecule has 0 spiro atoms. The van der Waals surface area contributed by atoms with Gasteiger partial charge in [-0.25, -0.2) is 9.18 Å². The fourth-order valence-electron chi connectivity index (χ4n) is 1.81. The fraction of sp³-hybridized carbons (Fsp3) is 0.900. The van der Waals surface area contributed by atoms with Crippen molar-refractivity contribution in [3.63, 3.8) is 0 Å². The zero-order valence-corrected chi connectivity index (χ0v) is 14.4. The number of hydrogen-bond donors (Lipinski definition) is 0. The van der Waals surface area contributed by atoms with Crippen LogP contribution >= 0.6 is 31.9 Å². The summed E-state index contributed by atoms with van der Waals surface area (Å²) in [5, 5.41) is -0.930. The minimum absolute atomic E-state index is 0.930. The Balaban J connectivity index is 3.32. The molecule has 0 heterocycles. The lowest BCUT2D eigenvalue weighted by atomic mass is 9.75. The van der Waals surface area contributed by atoms with Gasteiger partial charge >= 0.3 is 35.6 Å². The molecule has 0 bridgehead atoms. The molecular formula is C10H5Br2F11O2. The monoisotopic (exact) mass is 524 g/mol. The van der Waals surface area contributed by atoms with Crippen LogP contribution in [0.4, 0.5) is 48.3 Å². The Bertz CT molecular complexity index is 519. The molecule has 0 saturated heterocycles. The molecule has 15 heteroatoms. The van der Waals surface area contributed by atoms with Crippen LogP contribution in [0.25, 0.3) is 0 Å². The highest BCUT2D eigenvalue weighted by Crippen LogP contribution is 2.66. The molecule has 0 aromatic rings. The maximum atomic E-state index is 13.5. The molecule has 1 aliphatic carbocycles. The third kappa shape index (κ3) is 2.92. The lowest BCUT2D eigenvalue weighted by Crippen LogP contribution is -2.78. The van der Waals surface area contributed by atoms with Gasteiger partial charge in [0.05, 0.1) is 5.33 Å². The number of alkyl halides is 13. The van der Waals surface area contributed by atoms with E-state index >= 15 is 0 Å². The van der Waals surface area contributed by atoms with Crippen LogP contribution in [0, 0.1) is 5.92 Å². The number of carbonyl (C=O) groups excluding carboxylic acids is 1. The summed E-state index contributed by atoms with van der Waals surface area (Å²) in [6.07, 6.45) is 0. The van der Waals surface area contributed by atoms with Gasteiger partial charge in [-0.2, -0.15) is 43.9 Å². The Hall–Kier alpha value is -0.340. The molecule has 0 radical (unpaired) electrons. The Morgan fingerprint density at radius 2 is 1.24 bits per heavy atom. The van der Waals surface area contributed by atoms with Crippen molar-refractivity contribution < 1.29 is 57.8 Å². The second-order valence-electron chi connectivity index (χ2n) is 4.96. The van der Waals surface area contributed by atoms with Gasteiger partial charge < -0.3 is 4.74 Å². The van der Waals surface area contributed by atoms with E-state index in [1.165, 1.54) is 0 Å². The van der Waals surface area contributed by atoms with Crippen LogP contribution in [0.15, 0.2) is 0 Å². The number of carbonyl (C=O) groups is 1. The molecule has 148 valence electrons. The van der Waals surface area contributed by atoms with Crippen molar-refractivity contribution in [2.24, 2.45) is 5.92 Å². The lowest BCUT2D eigenvalue weighted by Gasteiger charge is -2.49. The van der Waals surface area contributed by atoms with Gasteiger partial charge in [-0.15, -0.1) is 0 Å². The molecule has 1 fully saturated rings. The largest absolute Gasteiger partial charge is 0.462 e. The molecule has 0 amide bonds. The summed E-state index contributed by atoms with van der Waals surface area (Å²) < 4.78 is 146. The number of rotatable bonds is 4. The molecule has 2 nitrogen and oxygen atoms in total. The maximum absolute atomic E-state index is 13.5. The van der Waals surface area contributed by atoms with Crippen molar-refractivity contribution in [3.8, 4) is 0 Å². The van der Waals surface area contributed by atoms with E-state index in [9.17, 15) is 53.1 Å². The van der Waals surface area contributed by atoms with E-state index in [-0.39, 0.29) is 0 Å². The van der Waals surface area contributed by atoms with E-state index in [1.807, 2.05) is 15.9 Å². The first-order valence-electron chi connectivity index (χ1n) is 5.82. The number of ether oxygens (including phenoxy) is 1. The molecule has 0 aromatic heterocycles. The fourth-order valence-corrected chi connectivity index (χ4v) is 2.15. The molecule has 1 unspecified atom stereocenters. The Labute approximate surface area is 148 Å². The van der Waals surface area contributed by atoms with Crippen molar-refractivity contribution in [2.45, 2.75) is 34.2 Å². The minimum atomic E-state index is -7.11. The van der Waals surface area contributed by atoms with E-state index in [0.717, 1.165) is 0 Å². The highest BCUT2D eigenvalue weighted by atomic mass is 79.9. The van der Waals surface area contributed by atoms with E-state index in [2.05, 4.69) is 20.7 Å². The molecule has 1 saturated carbocycles. The molecule has 0 aromatic carbocycles. The van der Waals surface area contributed by atoms with E-state index in [4.69, 9.17) is 0 Å². The predicted octanol–water partition coefficient (Wildman–Crippen LogP) is 4.79. The van der Waals surface area contributed by atoms with Crippen LogP contribution < -0.4 is 0 Å². The minimum Gasteiger partial charge on any atom is -0.462 e. The first kappa shape index (κ1) is 22.7. The van der Waals surface area contributed by atoms with Crippen molar-refractivity contribution in [1.82, 2.24) is 0 Å². The summed E-state index contributed by atoms with van der Waals surface area (Å²) >= 11 is 4.39. The SMILES string of the molecule is O=C(OCC1C(F)(F)C(F)(F)C(F)(F)C(F)(F)C1(F)F)C(F)(Br)CBr. The van der Waals surface area contributed by atoms with Crippen LogP contribution in [0.2, 0.25) is 0 Å². The maximum Gasteiger partial charge on any atom is 0.384 e. The van der Waals surface area contributed by atoms with E-state index < -0.39 is 58.0 Å². The topological polar surface area (TPSA) is 26.3 Å². The summed E-state index contributed by atoms with van der Waals surface area (Å²) in [7, 11) is 0. The van der Waals surface area contributed by atoms with Gasteiger partial charge in [0.2, 0.25) is 0 Å². The van der Waals surface area contributed by atoms with Crippen molar-refractivity contribution in [1.29, 1.82) is 0 Å². The molecule has 1 rings (SSSR count). The van der Waals surface area contributed by atoms with Crippen molar-refractivity contribution in [3.05, 3.63) is 0 Å². The quantitative estimate of drug-likeness (QED) is 0.300. The van der Waals surface area contributed by atoms with Gasteiger partial charge in [-0.3, -0.25) is 0 Å². The molecule has 0 aliphatic heterocycles. The number of hydrogen-bond acceptors (Lipinski definition) is 2. The Morgan fingerprint density at radius 1 is 0.880 bits per heavy atom. The number of esters is 1. The molecule has 1 aliphatic rings. The first-order chi connectivity index (χ1) is 10.8. The Morgan fingerprint density at radius 3 is 1.56 bits per heavy atom. The normalized spacial score (nSPS) is 28.8. The highest BCUT2D eigenvalue weighted by molar-refractivity contribution is 9.12. The third-order valence-corrected chi connectivity index (χ3v) is 5.48. The summed E-state index contributed by atoms with van der Waals surface area (Å²) in [6, 6.07) is 0. The summed E-state index contributed by atoms with van der Waals surface area (Å²) in [5.41, 5.74) is 0. The molecule has 0 N–H and O–H groups in total. The predicted molar refractivity (Wildman–Crippen MR) is 65.7 cm³/mol. The summed E-state index contributed by atoms with van der Waals surface area (Å²) in [6.45, 7) is -2.58. The van der Waals surface area contributed by atoms with Crippen LogP contribution in [0.3, 0.4) is 0 Å². The third-order valence-electron chi connectivity index (χ3n) is 3.35. The zero-order chi connectivity index (χ0) is 20.3. The average Bonchev–Trinajstić information content (AvgIpc) is 2.44. The summed E-state index contributed by atoms with van der Waals surface area (Å²) in [5.74, 6) is -40.5.